The smallest absolute Gasteiger partial charge is 0.337 e. The molecular weight excluding hydrogens is 366 g/mol. The molecule has 3 atom stereocenters. The van der Waals surface area contributed by atoms with Crippen LogP contribution in [0.25, 0.3) is 0 Å². The van der Waals surface area contributed by atoms with Gasteiger partial charge in [0.15, 0.2) is 0 Å². The average molecular weight is 387 g/mol. The summed E-state index contributed by atoms with van der Waals surface area (Å²) >= 11 is 0. The zero-order valence-electron chi connectivity index (χ0n) is 16.0. The van der Waals surface area contributed by atoms with Crippen LogP contribution in [0.15, 0.2) is 35.5 Å². The predicted molar refractivity (Wildman–Crippen MR) is 97.8 cm³/mol. The van der Waals surface area contributed by atoms with Crippen LogP contribution in [0.2, 0.25) is 0 Å². The van der Waals surface area contributed by atoms with E-state index in [1.54, 1.807) is 26.8 Å². The molecule has 0 saturated heterocycles. The number of non-ortho nitro benzene ring substituents is 1. The van der Waals surface area contributed by atoms with Gasteiger partial charge in [0.1, 0.15) is 11.8 Å². The van der Waals surface area contributed by atoms with E-state index >= 15 is 0 Å². The molecule has 0 radical (unpaired) electrons. The molecule has 0 aromatic heterocycles. The third-order valence-corrected chi connectivity index (χ3v) is 4.43. The van der Waals surface area contributed by atoms with Crippen molar-refractivity contribution in [2.45, 2.75) is 38.8 Å². The number of nitrogens with one attached hydrogen (secondary N) is 1. The standard InChI is InChI=1S/C19H21N3O6/c1-10(2)28-19(24)15-11(3)21-14(9-20)17(18(23)27-4)16(15)12-6-5-7-13(8-12)22(25)26/h5-8,10-11,15-16,21H,1-4H3. The Morgan fingerprint density at radius 2 is 2.04 bits per heavy atom. The van der Waals surface area contributed by atoms with Gasteiger partial charge in [0.05, 0.1) is 29.6 Å². The van der Waals surface area contributed by atoms with Gasteiger partial charge in [-0.15, -0.1) is 0 Å². The highest BCUT2D eigenvalue weighted by molar-refractivity contribution is 5.94. The van der Waals surface area contributed by atoms with Crippen LogP contribution in [0, 0.1) is 27.4 Å². The molecule has 1 aliphatic rings. The minimum atomic E-state index is -0.940. The number of carbonyl (C=O) groups excluding carboxylic acids is 2. The summed E-state index contributed by atoms with van der Waals surface area (Å²) in [7, 11) is 1.16. The zero-order valence-corrected chi connectivity index (χ0v) is 16.0. The number of carbonyl (C=O) groups is 2. The van der Waals surface area contributed by atoms with Gasteiger partial charge in [-0.25, -0.2) is 4.79 Å². The maximum Gasteiger partial charge on any atom is 0.337 e. The van der Waals surface area contributed by atoms with Gasteiger partial charge in [0, 0.05) is 24.1 Å². The fourth-order valence-corrected chi connectivity index (χ4v) is 3.31. The number of nitro benzene ring substituents is 1. The molecule has 9 nitrogen and oxygen atoms in total. The quantitative estimate of drug-likeness (QED) is 0.462. The number of hydrogen-bond donors (Lipinski definition) is 1. The largest absolute Gasteiger partial charge is 0.466 e. The second-order valence-corrected chi connectivity index (χ2v) is 6.67. The first-order valence-corrected chi connectivity index (χ1v) is 8.65. The number of benzene rings is 1. The molecule has 1 N–H and O–H groups in total. The van der Waals surface area contributed by atoms with Gasteiger partial charge in [-0.2, -0.15) is 5.26 Å². The summed E-state index contributed by atoms with van der Waals surface area (Å²) in [5.74, 6) is -3.21. The van der Waals surface area contributed by atoms with Gasteiger partial charge in [0.2, 0.25) is 0 Å². The number of esters is 2. The SMILES string of the molecule is COC(=O)C1=C(C#N)NC(C)C(C(=O)OC(C)C)C1c1cccc([N+](=O)[O-])c1. The summed E-state index contributed by atoms with van der Waals surface area (Å²) in [4.78, 5) is 35.9. The number of rotatable bonds is 5. The minimum Gasteiger partial charge on any atom is -0.466 e. The van der Waals surface area contributed by atoms with E-state index in [0.717, 1.165) is 7.11 Å². The van der Waals surface area contributed by atoms with E-state index in [4.69, 9.17) is 9.47 Å². The van der Waals surface area contributed by atoms with Crippen molar-refractivity contribution >= 4 is 17.6 Å². The number of allylic oxidation sites excluding steroid dienone is 1. The fraction of sp³-hybridized carbons (Fsp3) is 0.421. The van der Waals surface area contributed by atoms with Gasteiger partial charge in [0.25, 0.3) is 5.69 Å². The summed E-state index contributed by atoms with van der Waals surface area (Å²) in [5.41, 5.74) is 0.0579. The molecule has 0 saturated carbocycles. The molecule has 0 amide bonds. The van der Waals surface area contributed by atoms with Crippen LogP contribution < -0.4 is 5.32 Å². The average Bonchev–Trinajstić information content (AvgIpc) is 2.65. The first-order valence-electron chi connectivity index (χ1n) is 8.65. The lowest BCUT2D eigenvalue weighted by molar-refractivity contribution is -0.384. The van der Waals surface area contributed by atoms with Crippen molar-refractivity contribution in [3.05, 3.63) is 51.2 Å². The normalized spacial score (nSPS) is 21.5. The maximum absolute atomic E-state index is 12.8. The topological polar surface area (TPSA) is 132 Å². The van der Waals surface area contributed by atoms with Crippen molar-refractivity contribution < 1.29 is 24.0 Å². The Morgan fingerprint density at radius 1 is 1.36 bits per heavy atom. The Morgan fingerprint density at radius 3 is 2.57 bits per heavy atom. The molecular formula is C19H21N3O6. The Labute approximate surface area is 162 Å². The predicted octanol–water partition coefficient (Wildman–Crippen LogP) is 2.19. The number of ether oxygens (including phenoxy) is 2. The summed E-state index contributed by atoms with van der Waals surface area (Å²) < 4.78 is 10.2. The van der Waals surface area contributed by atoms with Crippen molar-refractivity contribution in [2.24, 2.45) is 5.92 Å². The van der Waals surface area contributed by atoms with E-state index in [9.17, 15) is 25.0 Å². The number of nitriles is 1. The lowest BCUT2D eigenvalue weighted by atomic mass is 9.73. The lowest BCUT2D eigenvalue weighted by Gasteiger charge is -2.37. The van der Waals surface area contributed by atoms with Crippen LogP contribution in [-0.2, 0) is 19.1 Å². The fourth-order valence-electron chi connectivity index (χ4n) is 3.31. The van der Waals surface area contributed by atoms with Gasteiger partial charge in [-0.1, -0.05) is 12.1 Å². The number of methoxy groups -OCH3 is 1. The Balaban J connectivity index is 2.72. The number of nitro groups is 1. The Bertz CT molecular complexity index is 871. The maximum atomic E-state index is 12.8. The first kappa shape index (κ1) is 20.9. The van der Waals surface area contributed by atoms with Gasteiger partial charge in [-0.3, -0.25) is 14.9 Å². The molecule has 1 aromatic rings. The molecule has 1 heterocycles. The molecule has 0 spiro atoms. The molecule has 148 valence electrons. The van der Waals surface area contributed by atoms with Crippen LogP contribution in [0.1, 0.15) is 32.3 Å². The second-order valence-electron chi connectivity index (χ2n) is 6.67. The molecule has 9 heteroatoms. The summed E-state index contributed by atoms with van der Waals surface area (Å²) in [6, 6.07) is 6.99. The molecule has 0 fully saturated rings. The highest BCUT2D eigenvalue weighted by atomic mass is 16.6. The third kappa shape index (κ3) is 4.11. The van der Waals surface area contributed by atoms with Crippen molar-refractivity contribution in [3.63, 3.8) is 0 Å². The number of nitrogens with zero attached hydrogens (tertiary/aromatic N) is 2. The Kier molecular flexibility index (Phi) is 6.36. The van der Waals surface area contributed by atoms with Crippen molar-refractivity contribution in [2.75, 3.05) is 7.11 Å². The second kappa shape index (κ2) is 8.52. The highest BCUT2D eigenvalue weighted by Crippen LogP contribution is 2.41. The van der Waals surface area contributed by atoms with Gasteiger partial charge >= 0.3 is 11.9 Å². The number of hydrogen-bond acceptors (Lipinski definition) is 8. The third-order valence-electron chi connectivity index (χ3n) is 4.43. The van der Waals surface area contributed by atoms with Crippen LogP contribution in [0.5, 0.6) is 0 Å². The summed E-state index contributed by atoms with van der Waals surface area (Å²) in [5, 5.41) is 23.6. The monoisotopic (exact) mass is 387 g/mol. The van der Waals surface area contributed by atoms with E-state index in [-0.39, 0.29) is 17.0 Å². The summed E-state index contributed by atoms with van der Waals surface area (Å²) in [6.45, 7) is 5.07. The molecule has 0 aliphatic carbocycles. The van der Waals surface area contributed by atoms with Crippen molar-refractivity contribution in [1.82, 2.24) is 5.32 Å². The lowest BCUT2D eigenvalue weighted by Crippen LogP contribution is -2.48. The highest BCUT2D eigenvalue weighted by Gasteiger charge is 2.46. The molecule has 2 rings (SSSR count). The Hall–Kier alpha value is -3.41. The van der Waals surface area contributed by atoms with E-state index < -0.39 is 40.8 Å². The first-order chi connectivity index (χ1) is 13.2. The molecule has 1 aliphatic heterocycles. The van der Waals surface area contributed by atoms with Gasteiger partial charge < -0.3 is 14.8 Å². The van der Waals surface area contributed by atoms with E-state index in [1.807, 2.05) is 6.07 Å². The summed E-state index contributed by atoms with van der Waals surface area (Å²) in [6.07, 6.45) is -0.395. The van der Waals surface area contributed by atoms with Crippen LogP contribution in [0.4, 0.5) is 5.69 Å². The van der Waals surface area contributed by atoms with Crippen LogP contribution in [-0.4, -0.2) is 36.1 Å². The van der Waals surface area contributed by atoms with E-state index in [0.29, 0.717) is 5.56 Å². The van der Waals surface area contributed by atoms with Gasteiger partial charge in [-0.05, 0) is 26.3 Å². The zero-order chi connectivity index (χ0) is 21.0. The van der Waals surface area contributed by atoms with Crippen molar-refractivity contribution in [1.29, 1.82) is 5.26 Å². The molecule has 3 unspecified atom stereocenters. The van der Waals surface area contributed by atoms with Crippen LogP contribution >= 0.6 is 0 Å². The van der Waals surface area contributed by atoms with Crippen molar-refractivity contribution in [3.8, 4) is 6.07 Å². The molecule has 28 heavy (non-hydrogen) atoms. The van der Waals surface area contributed by atoms with E-state index in [1.165, 1.54) is 18.2 Å². The molecule has 0 bridgehead atoms. The minimum absolute atomic E-state index is 0.0375. The van der Waals surface area contributed by atoms with Crippen LogP contribution in [0.3, 0.4) is 0 Å². The van der Waals surface area contributed by atoms with E-state index in [2.05, 4.69) is 5.32 Å². The molecule has 1 aromatic carbocycles.